The highest BCUT2D eigenvalue weighted by molar-refractivity contribution is 9.10. The van der Waals surface area contributed by atoms with Gasteiger partial charge in [-0.1, -0.05) is 6.07 Å². The van der Waals surface area contributed by atoms with Gasteiger partial charge in [0, 0.05) is 6.54 Å². The third-order valence-corrected chi connectivity index (χ3v) is 3.62. The van der Waals surface area contributed by atoms with E-state index >= 15 is 0 Å². The number of hydrogen-bond acceptors (Lipinski definition) is 4. The third kappa shape index (κ3) is 2.16. The molecule has 2 heterocycles. The van der Waals surface area contributed by atoms with E-state index < -0.39 is 0 Å². The molecule has 19 heavy (non-hydrogen) atoms. The second-order valence-electron chi connectivity index (χ2n) is 4.20. The monoisotopic (exact) mass is 323 g/mol. The maximum Gasteiger partial charge on any atom is 0.233 e. The molecule has 1 aromatic carbocycles. The van der Waals surface area contributed by atoms with Gasteiger partial charge in [0.25, 0.3) is 0 Å². The van der Waals surface area contributed by atoms with Crippen LogP contribution in [0.2, 0.25) is 0 Å². The van der Waals surface area contributed by atoms with Crippen LogP contribution in [0.5, 0.6) is 5.88 Å². The lowest BCUT2D eigenvalue weighted by Crippen LogP contribution is -2.16. The predicted molar refractivity (Wildman–Crippen MR) is 73.4 cm³/mol. The SMILES string of the molecule is COc1nc(N2CCc3ccc(F)cc32)ncc1Br. The van der Waals surface area contributed by atoms with Crippen molar-refractivity contribution in [2.24, 2.45) is 0 Å². The van der Waals surface area contributed by atoms with Crippen molar-refractivity contribution in [1.82, 2.24) is 9.97 Å². The van der Waals surface area contributed by atoms with Crippen LogP contribution in [0, 0.1) is 5.82 Å². The number of hydrogen-bond donors (Lipinski definition) is 0. The Morgan fingerprint density at radius 2 is 2.26 bits per heavy atom. The molecule has 1 aliphatic heterocycles. The van der Waals surface area contributed by atoms with Gasteiger partial charge in [-0.05, 0) is 40.0 Å². The van der Waals surface area contributed by atoms with Crippen molar-refractivity contribution >= 4 is 27.6 Å². The van der Waals surface area contributed by atoms with Crippen LogP contribution in [0.1, 0.15) is 5.56 Å². The second-order valence-corrected chi connectivity index (χ2v) is 5.06. The molecule has 0 saturated carbocycles. The minimum Gasteiger partial charge on any atom is -0.480 e. The van der Waals surface area contributed by atoms with E-state index in [2.05, 4.69) is 25.9 Å². The van der Waals surface area contributed by atoms with Gasteiger partial charge in [0.2, 0.25) is 11.8 Å². The van der Waals surface area contributed by atoms with Crippen molar-refractivity contribution in [1.29, 1.82) is 0 Å². The summed E-state index contributed by atoms with van der Waals surface area (Å²) in [5.74, 6) is 0.731. The lowest BCUT2D eigenvalue weighted by atomic mass is 10.2. The van der Waals surface area contributed by atoms with Gasteiger partial charge in [0.05, 0.1) is 23.5 Å². The Balaban J connectivity index is 2.04. The quantitative estimate of drug-likeness (QED) is 0.851. The zero-order chi connectivity index (χ0) is 13.4. The molecule has 1 aromatic heterocycles. The zero-order valence-electron chi connectivity index (χ0n) is 10.2. The van der Waals surface area contributed by atoms with Crippen LogP contribution in [0.3, 0.4) is 0 Å². The fourth-order valence-electron chi connectivity index (χ4n) is 2.18. The first kappa shape index (κ1) is 12.3. The second kappa shape index (κ2) is 4.77. The summed E-state index contributed by atoms with van der Waals surface area (Å²) in [6.07, 6.45) is 2.50. The van der Waals surface area contributed by atoms with Gasteiger partial charge in [-0.15, -0.1) is 0 Å². The number of anilines is 2. The zero-order valence-corrected chi connectivity index (χ0v) is 11.8. The summed E-state index contributed by atoms with van der Waals surface area (Å²) in [6, 6.07) is 4.80. The maximum atomic E-state index is 13.4. The molecule has 0 unspecified atom stereocenters. The Morgan fingerprint density at radius 1 is 1.42 bits per heavy atom. The number of benzene rings is 1. The van der Waals surface area contributed by atoms with E-state index in [1.807, 2.05) is 4.90 Å². The van der Waals surface area contributed by atoms with E-state index in [1.54, 1.807) is 19.4 Å². The fraction of sp³-hybridized carbons (Fsp3) is 0.231. The lowest BCUT2D eigenvalue weighted by molar-refractivity contribution is 0.394. The topological polar surface area (TPSA) is 38.2 Å². The number of aromatic nitrogens is 2. The molecule has 2 aromatic rings. The summed E-state index contributed by atoms with van der Waals surface area (Å²) in [6.45, 7) is 0.740. The summed E-state index contributed by atoms with van der Waals surface area (Å²) in [4.78, 5) is 10.5. The summed E-state index contributed by atoms with van der Waals surface area (Å²) < 4.78 is 19.2. The molecule has 0 fully saturated rings. The molecule has 0 amide bonds. The van der Waals surface area contributed by atoms with Crippen LogP contribution in [0.4, 0.5) is 16.0 Å². The summed E-state index contributed by atoms with van der Waals surface area (Å²) >= 11 is 3.31. The largest absolute Gasteiger partial charge is 0.480 e. The molecule has 0 N–H and O–H groups in total. The Labute approximate surface area is 118 Å². The van der Waals surface area contributed by atoms with E-state index in [1.165, 1.54) is 12.1 Å². The van der Waals surface area contributed by atoms with Gasteiger partial charge in [-0.2, -0.15) is 4.98 Å². The van der Waals surface area contributed by atoms with Crippen LogP contribution in [0.25, 0.3) is 0 Å². The van der Waals surface area contributed by atoms with Gasteiger partial charge >= 0.3 is 0 Å². The minimum absolute atomic E-state index is 0.255. The van der Waals surface area contributed by atoms with Crippen molar-refractivity contribution < 1.29 is 9.13 Å². The number of methoxy groups -OCH3 is 1. The van der Waals surface area contributed by atoms with Crippen LogP contribution >= 0.6 is 15.9 Å². The van der Waals surface area contributed by atoms with Crippen molar-refractivity contribution in [3.05, 3.63) is 40.2 Å². The molecule has 6 heteroatoms. The van der Waals surface area contributed by atoms with Crippen molar-refractivity contribution in [3.8, 4) is 5.88 Å². The molecular formula is C13H11BrFN3O. The maximum absolute atomic E-state index is 13.4. The molecular weight excluding hydrogens is 313 g/mol. The molecule has 0 aliphatic carbocycles. The smallest absolute Gasteiger partial charge is 0.233 e. The van der Waals surface area contributed by atoms with E-state index in [0.29, 0.717) is 16.3 Å². The summed E-state index contributed by atoms with van der Waals surface area (Å²) in [5.41, 5.74) is 1.93. The van der Waals surface area contributed by atoms with Crippen LogP contribution in [-0.2, 0) is 6.42 Å². The van der Waals surface area contributed by atoms with Crippen LogP contribution in [0.15, 0.2) is 28.9 Å². The average Bonchev–Trinajstić information content (AvgIpc) is 2.82. The normalized spacial score (nSPS) is 13.5. The van der Waals surface area contributed by atoms with Gasteiger partial charge in [-0.3, -0.25) is 0 Å². The summed E-state index contributed by atoms with van der Waals surface area (Å²) in [5, 5.41) is 0. The number of rotatable bonds is 2. The van der Waals surface area contributed by atoms with Gasteiger partial charge in [0.15, 0.2) is 0 Å². The van der Waals surface area contributed by atoms with Crippen molar-refractivity contribution in [3.63, 3.8) is 0 Å². The Morgan fingerprint density at radius 3 is 3.05 bits per heavy atom. The first-order valence-corrected chi connectivity index (χ1v) is 6.61. The molecule has 4 nitrogen and oxygen atoms in total. The first-order chi connectivity index (χ1) is 9.19. The van der Waals surface area contributed by atoms with E-state index in [4.69, 9.17) is 4.74 Å². The molecule has 0 saturated heterocycles. The Hall–Kier alpha value is -1.69. The molecule has 98 valence electrons. The number of ether oxygens (including phenoxy) is 1. The first-order valence-electron chi connectivity index (χ1n) is 5.81. The highest BCUT2D eigenvalue weighted by Gasteiger charge is 2.23. The van der Waals surface area contributed by atoms with Gasteiger partial charge in [-0.25, -0.2) is 9.37 Å². The highest BCUT2D eigenvalue weighted by atomic mass is 79.9. The number of nitrogens with zero attached hydrogens (tertiary/aromatic N) is 3. The van der Waals surface area contributed by atoms with Gasteiger partial charge < -0.3 is 9.64 Å². The fourth-order valence-corrected chi connectivity index (χ4v) is 2.53. The van der Waals surface area contributed by atoms with Crippen LogP contribution in [-0.4, -0.2) is 23.6 Å². The third-order valence-electron chi connectivity index (χ3n) is 3.08. The van der Waals surface area contributed by atoms with E-state index in [9.17, 15) is 4.39 Å². The molecule has 0 spiro atoms. The molecule has 1 aliphatic rings. The lowest BCUT2D eigenvalue weighted by Gasteiger charge is -2.17. The standard InChI is InChI=1S/C13H11BrFN3O/c1-19-12-10(14)7-16-13(17-12)18-5-4-8-2-3-9(15)6-11(8)18/h2-3,6-7H,4-5H2,1H3. The predicted octanol–water partition coefficient (Wildman–Crippen LogP) is 3.08. The number of halogens is 2. The summed E-state index contributed by atoms with van der Waals surface area (Å²) in [7, 11) is 1.55. The number of fused-ring (bicyclic) bond motifs is 1. The minimum atomic E-state index is -0.255. The van der Waals surface area contributed by atoms with E-state index in [-0.39, 0.29) is 5.82 Å². The van der Waals surface area contributed by atoms with Crippen molar-refractivity contribution in [2.75, 3.05) is 18.6 Å². The van der Waals surface area contributed by atoms with E-state index in [0.717, 1.165) is 24.2 Å². The Kier molecular flexibility index (Phi) is 3.10. The van der Waals surface area contributed by atoms with Crippen LogP contribution < -0.4 is 9.64 Å². The van der Waals surface area contributed by atoms with Gasteiger partial charge in [0.1, 0.15) is 5.82 Å². The molecule has 0 bridgehead atoms. The highest BCUT2D eigenvalue weighted by Crippen LogP contribution is 2.34. The Bertz CT molecular complexity index is 635. The molecule has 0 radical (unpaired) electrons. The van der Waals surface area contributed by atoms with Crippen molar-refractivity contribution in [2.45, 2.75) is 6.42 Å². The average molecular weight is 324 g/mol. The molecule has 0 atom stereocenters. The molecule has 3 rings (SSSR count).